The molecule has 3 heteroatoms. The predicted molar refractivity (Wildman–Crippen MR) is 60.2 cm³/mol. The number of ether oxygens (including phenoxy) is 1. The number of benzene rings is 1. The Hall–Kier alpha value is -1.35. The van der Waals surface area contributed by atoms with Gasteiger partial charge in [-0.3, -0.25) is 4.79 Å². The molecule has 0 atom stereocenters. The average Bonchev–Trinajstić information content (AvgIpc) is 2.27. The van der Waals surface area contributed by atoms with Crippen LogP contribution in [-0.4, -0.2) is 18.9 Å². The van der Waals surface area contributed by atoms with E-state index in [9.17, 15) is 4.79 Å². The first-order valence-electron chi connectivity index (χ1n) is 5.24. The summed E-state index contributed by atoms with van der Waals surface area (Å²) in [6, 6.07) is 7.20. The number of hydrogen-bond acceptors (Lipinski definition) is 3. The van der Waals surface area contributed by atoms with Gasteiger partial charge in [0.2, 0.25) is 0 Å². The molecule has 0 spiro atoms. The van der Waals surface area contributed by atoms with E-state index in [1.165, 1.54) is 0 Å². The lowest BCUT2D eigenvalue weighted by Gasteiger charge is -2.05. The van der Waals surface area contributed by atoms with Crippen LogP contribution in [0.4, 0.5) is 0 Å². The fraction of sp³-hybridized carbons (Fsp3) is 0.417. The lowest BCUT2D eigenvalue weighted by Crippen LogP contribution is -2.07. The molecule has 1 aromatic carbocycles. The Bertz CT molecular complexity index is 306. The van der Waals surface area contributed by atoms with E-state index in [2.05, 4.69) is 6.92 Å². The maximum Gasteiger partial charge on any atom is 0.164 e. The quantitative estimate of drug-likeness (QED) is 0.726. The van der Waals surface area contributed by atoms with Gasteiger partial charge in [-0.2, -0.15) is 0 Å². The van der Waals surface area contributed by atoms with Crippen molar-refractivity contribution in [2.45, 2.75) is 19.8 Å². The molecule has 0 bridgehead atoms. The van der Waals surface area contributed by atoms with Gasteiger partial charge in [0.05, 0.1) is 6.61 Å². The van der Waals surface area contributed by atoms with E-state index < -0.39 is 0 Å². The minimum absolute atomic E-state index is 0.0829. The van der Waals surface area contributed by atoms with Crippen LogP contribution in [0.15, 0.2) is 24.3 Å². The second-order valence-corrected chi connectivity index (χ2v) is 3.33. The summed E-state index contributed by atoms with van der Waals surface area (Å²) in [6.45, 7) is 3.15. The van der Waals surface area contributed by atoms with Crippen molar-refractivity contribution in [2.24, 2.45) is 5.73 Å². The monoisotopic (exact) mass is 207 g/mol. The molecule has 0 saturated heterocycles. The van der Waals surface area contributed by atoms with E-state index in [0.717, 1.165) is 12.2 Å². The highest BCUT2D eigenvalue weighted by atomic mass is 16.5. The predicted octanol–water partition coefficient (Wildman–Crippen LogP) is 2.01. The summed E-state index contributed by atoms with van der Waals surface area (Å²) < 4.78 is 5.41. The summed E-state index contributed by atoms with van der Waals surface area (Å²) in [4.78, 5) is 11.4. The van der Waals surface area contributed by atoms with Gasteiger partial charge in [-0.1, -0.05) is 6.92 Å². The fourth-order valence-corrected chi connectivity index (χ4v) is 1.23. The molecule has 1 aromatic rings. The van der Waals surface area contributed by atoms with Gasteiger partial charge < -0.3 is 10.5 Å². The number of hydrogen-bond donors (Lipinski definition) is 1. The van der Waals surface area contributed by atoms with Crippen molar-refractivity contribution in [3.63, 3.8) is 0 Å². The van der Waals surface area contributed by atoms with Gasteiger partial charge in [0.15, 0.2) is 5.78 Å². The van der Waals surface area contributed by atoms with Crippen LogP contribution in [-0.2, 0) is 0 Å². The first-order chi connectivity index (χ1) is 7.27. The molecule has 0 heterocycles. The van der Waals surface area contributed by atoms with Crippen molar-refractivity contribution in [1.82, 2.24) is 0 Å². The Morgan fingerprint density at radius 3 is 2.53 bits per heavy atom. The van der Waals surface area contributed by atoms with Gasteiger partial charge in [0.25, 0.3) is 0 Å². The summed E-state index contributed by atoms with van der Waals surface area (Å²) in [5.74, 6) is 0.890. The molecule has 0 aliphatic rings. The molecule has 1 rings (SSSR count). The molecule has 82 valence electrons. The molecule has 2 N–H and O–H groups in total. The summed E-state index contributed by atoms with van der Waals surface area (Å²) in [6.07, 6.45) is 1.38. The Morgan fingerprint density at radius 1 is 1.33 bits per heavy atom. The molecule has 0 amide bonds. The summed E-state index contributed by atoms with van der Waals surface area (Å²) >= 11 is 0. The Balaban J connectivity index is 2.59. The van der Waals surface area contributed by atoms with E-state index in [0.29, 0.717) is 25.1 Å². The molecule has 3 nitrogen and oxygen atoms in total. The molecular formula is C12H17NO2. The van der Waals surface area contributed by atoms with Crippen molar-refractivity contribution in [3.8, 4) is 5.75 Å². The molecule has 15 heavy (non-hydrogen) atoms. The third-order valence-corrected chi connectivity index (χ3v) is 2.02. The molecule has 0 fully saturated rings. The van der Waals surface area contributed by atoms with Crippen molar-refractivity contribution >= 4 is 5.78 Å². The van der Waals surface area contributed by atoms with Crippen LogP contribution in [0.25, 0.3) is 0 Å². The van der Waals surface area contributed by atoms with Crippen molar-refractivity contribution in [1.29, 1.82) is 0 Å². The lowest BCUT2D eigenvalue weighted by molar-refractivity contribution is 0.0985. The zero-order chi connectivity index (χ0) is 11.1. The summed E-state index contributed by atoms with van der Waals surface area (Å²) in [5.41, 5.74) is 6.02. The average molecular weight is 207 g/mol. The molecule has 0 unspecified atom stereocenters. The number of nitrogens with two attached hydrogens (primary N) is 1. The molecule has 0 aliphatic carbocycles. The smallest absolute Gasteiger partial charge is 0.164 e. The SMILES string of the molecule is CCCOc1ccc(C(=O)CCN)cc1. The highest BCUT2D eigenvalue weighted by molar-refractivity contribution is 5.96. The summed E-state index contributed by atoms with van der Waals surface area (Å²) in [5, 5.41) is 0. The fourth-order valence-electron chi connectivity index (χ4n) is 1.23. The van der Waals surface area contributed by atoms with E-state index in [1.54, 1.807) is 12.1 Å². The van der Waals surface area contributed by atoms with Gasteiger partial charge in [0.1, 0.15) is 5.75 Å². The molecule has 0 aliphatic heterocycles. The highest BCUT2D eigenvalue weighted by Crippen LogP contribution is 2.13. The Morgan fingerprint density at radius 2 is 2.00 bits per heavy atom. The lowest BCUT2D eigenvalue weighted by atomic mass is 10.1. The largest absolute Gasteiger partial charge is 0.494 e. The van der Waals surface area contributed by atoms with Gasteiger partial charge in [-0.25, -0.2) is 0 Å². The van der Waals surface area contributed by atoms with Crippen LogP contribution in [0.5, 0.6) is 5.75 Å². The minimum Gasteiger partial charge on any atom is -0.494 e. The van der Waals surface area contributed by atoms with Crippen molar-refractivity contribution in [3.05, 3.63) is 29.8 Å². The number of ketones is 1. The van der Waals surface area contributed by atoms with E-state index in [1.807, 2.05) is 12.1 Å². The van der Waals surface area contributed by atoms with Crippen LogP contribution in [0, 0.1) is 0 Å². The van der Waals surface area contributed by atoms with Gasteiger partial charge >= 0.3 is 0 Å². The number of carbonyl (C=O) groups excluding carboxylic acids is 1. The molecule has 0 saturated carbocycles. The highest BCUT2D eigenvalue weighted by Gasteiger charge is 2.04. The maximum atomic E-state index is 11.4. The zero-order valence-corrected chi connectivity index (χ0v) is 9.03. The number of rotatable bonds is 6. The Kier molecular flexibility index (Phi) is 4.84. The molecule has 0 aromatic heterocycles. The standard InChI is InChI=1S/C12H17NO2/c1-2-9-15-11-5-3-10(4-6-11)12(14)7-8-13/h3-6H,2,7-9,13H2,1H3. The number of Topliss-reactive ketones (excluding diaryl/α,β-unsaturated/α-hetero) is 1. The van der Waals surface area contributed by atoms with Crippen molar-refractivity contribution < 1.29 is 9.53 Å². The van der Waals surface area contributed by atoms with Gasteiger partial charge in [-0.05, 0) is 37.2 Å². The van der Waals surface area contributed by atoms with Gasteiger partial charge in [0, 0.05) is 12.0 Å². The van der Waals surface area contributed by atoms with Crippen LogP contribution in [0.1, 0.15) is 30.1 Å². The maximum absolute atomic E-state index is 11.4. The third-order valence-electron chi connectivity index (χ3n) is 2.02. The number of carbonyl (C=O) groups is 1. The summed E-state index contributed by atoms with van der Waals surface area (Å²) in [7, 11) is 0. The first kappa shape index (κ1) is 11.7. The third kappa shape index (κ3) is 3.72. The van der Waals surface area contributed by atoms with E-state index >= 15 is 0 Å². The van der Waals surface area contributed by atoms with Crippen LogP contribution < -0.4 is 10.5 Å². The topological polar surface area (TPSA) is 52.3 Å². The van der Waals surface area contributed by atoms with Crippen LogP contribution in [0.3, 0.4) is 0 Å². The van der Waals surface area contributed by atoms with Crippen LogP contribution >= 0.6 is 0 Å². The zero-order valence-electron chi connectivity index (χ0n) is 9.03. The van der Waals surface area contributed by atoms with Crippen molar-refractivity contribution in [2.75, 3.05) is 13.2 Å². The molecular weight excluding hydrogens is 190 g/mol. The van der Waals surface area contributed by atoms with Gasteiger partial charge in [-0.15, -0.1) is 0 Å². The van der Waals surface area contributed by atoms with Crippen LogP contribution in [0.2, 0.25) is 0 Å². The first-order valence-corrected chi connectivity index (χ1v) is 5.24. The normalized spacial score (nSPS) is 10.0. The minimum atomic E-state index is 0.0829. The van der Waals surface area contributed by atoms with E-state index in [-0.39, 0.29) is 5.78 Å². The Labute approximate surface area is 90.2 Å². The molecule has 0 radical (unpaired) electrons. The second-order valence-electron chi connectivity index (χ2n) is 3.33. The van der Waals surface area contributed by atoms with E-state index in [4.69, 9.17) is 10.5 Å². The second kappa shape index (κ2) is 6.19.